The van der Waals surface area contributed by atoms with Crippen molar-refractivity contribution in [3.63, 3.8) is 0 Å². The van der Waals surface area contributed by atoms with Crippen molar-refractivity contribution >= 4 is 33.0 Å². The van der Waals surface area contributed by atoms with Crippen molar-refractivity contribution in [2.24, 2.45) is 0 Å². The van der Waals surface area contributed by atoms with Crippen molar-refractivity contribution in [2.45, 2.75) is 5.75 Å². The highest BCUT2D eigenvalue weighted by Gasteiger charge is 2.19. The van der Waals surface area contributed by atoms with Gasteiger partial charge in [-0.25, -0.2) is 17.2 Å². The lowest BCUT2D eigenvalue weighted by molar-refractivity contribution is -0.113. The first kappa shape index (κ1) is 17.4. The van der Waals surface area contributed by atoms with E-state index in [1.807, 2.05) is 0 Å². The molecule has 2 rings (SSSR count). The zero-order valence-corrected chi connectivity index (χ0v) is 13.3. The van der Waals surface area contributed by atoms with E-state index in [1.165, 1.54) is 6.07 Å². The molecule has 1 amide bonds. The van der Waals surface area contributed by atoms with Crippen molar-refractivity contribution in [1.29, 1.82) is 0 Å². The maximum atomic E-state index is 13.4. The number of carbonyl (C=O) groups excluding carboxylic acids is 1. The molecule has 2 aromatic carbocycles. The fourth-order valence-corrected chi connectivity index (χ4v) is 3.46. The molecule has 4 nitrogen and oxygen atoms in total. The standard InChI is InChI=1S/C15H12ClF2NO3S/c16-12-4-2-1-3-10(12)8-23(21,22)9-15(20)19-14-6-5-11(17)7-13(14)18/h1-7H,8-9H2,(H,19,20). The van der Waals surface area contributed by atoms with Gasteiger partial charge in [-0.1, -0.05) is 29.8 Å². The lowest BCUT2D eigenvalue weighted by Crippen LogP contribution is -2.24. The van der Waals surface area contributed by atoms with Crippen molar-refractivity contribution in [1.82, 2.24) is 0 Å². The van der Waals surface area contributed by atoms with Gasteiger partial charge in [0, 0.05) is 11.1 Å². The van der Waals surface area contributed by atoms with Crippen LogP contribution in [0.5, 0.6) is 0 Å². The van der Waals surface area contributed by atoms with Crippen molar-refractivity contribution in [3.05, 3.63) is 64.7 Å². The highest BCUT2D eigenvalue weighted by Crippen LogP contribution is 2.19. The third-order valence-corrected chi connectivity index (χ3v) is 4.71. The van der Waals surface area contributed by atoms with Gasteiger partial charge in [-0.15, -0.1) is 0 Å². The van der Waals surface area contributed by atoms with Crippen LogP contribution in [0.2, 0.25) is 5.02 Å². The van der Waals surface area contributed by atoms with Gasteiger partial charge < -0.3 is 5.32 Å². The molecule has 0 heterocycles. The maximum absolute atomic E-state index is 13.4. The Hall–Kier alpha value is -1.99. The molecule has 0 spiro atoms. The van der Waals surface area contributed by atoms with E-state index in [4.69, 9.17) is 11.6 Å². The second kappa shape index (κ2) is 7.06. The van der Waals surface area contributed by atoms with Crippen LogP contribution in [-0.2, 0) is 20.4 Å². The Labute approximate surface area is 137 Å². The van der Waals surface area contributed by atoms with E-state index in [0.717, 1.165) is 12.1 Å². The number of hydrogen-bond donors (Lipinski definition) is 1. The molecule has 8 heteroatoms. The average Bonchev–Trinajstić information content (AvgIpc) is 2.43. The van der Waals surface area contributed by atoms with Crippen LogP contribution >= 0.6 is 11.6 Å². The number of anilines is 1. The van der Waals surface area contributed by atoms with E-state index in [1.54, 1.807) is 18.2 Å². The Morgan fingerprint density at radius 1 is 1.13 bits per heavy atom. The average molecular weight is 360 g/mol. The first-order chi connectivity index (χ1) is 10.8. The van der Waals surface area contributed by atoms with Crippen LogP contribution < -0.4 is 5.32 Å². The zero-order chi connectivity index (χ0) is 17.0. The molecule has 0 unspecified atom stereocenters. The number of benzene rings is 2. The second-order valence-electron chi connectivity index (χ2n) is 4.80. The SMILES string of the molecule is O=C(CS(=O)(=O)Cc1ccccc1Cl)Nc1ccc(F)cc1F. The van der Waals surface area contributed by atoms with E-state index < -0.39 is 38.9 Å². The minimum Gasteiger partial charge on any atom is -0.323 e. The fraction of sp³-hybridized carbons (Fsp3) is 0.133. The molecule has 0 aliphatic rings. The van der Waals surface area contributed by atoms with Crippen molar-refractivity contribution in [3.8, 4) is 0 Å². The Bertz CT molecular complexity index is 840. The van der Waals surface area contributed by atoms with Crippen LogP contribution in [0.25, 0.3) is 0 Å². The van der Waals surface area contributed by atoms with Gasteiger partial charge >= 0.3 is 0 Å². The van der Waals surface area contributed by atoms with Crippen molar-refractivity contribution < 1.29 is 22.0 Å². The number of halogens is 3. The van der Waals surface area contributed by atoms with Gasteiger partial charge in [-0.3, -0.25) is 4.79 Å². The van der Waals surface area contributed by atoms with Gasteiger partial charge in [0.15, 0.2) is 9.84 Å². The van der Waals surface area contributed by atoms with Crippen LogP contribution in [0.15, 0.2) is 42.5 Å². The number of amides is 1. The Balaban J connectivity index is 2.05. The van der Waals surface area contributed by atoms with E-state index >= 15 is 0 Å². The third kappa shape index (κ3) is 5.01. The van der Waals surface area contributed by atoms with Gasteiger partial charge in [0.25, 0.3) is 0 Å². The monoisotopic (exact) mass is 359 g/mol. The van der Waals surface area contributed by atoms with Crippen LogP contribution in [0.4, 0.5) is 14.5 Å². The summed E-state index contributed by atoms with van der Waals surface area (Å²) in [7, 11) is -3.79. The van der Waals surface area contributed by atoms with Gasteiger partial charge in [-0.05, 0) is 23.8 Å². The smallest absolute Gasteiger partial charge is 0.239 e. The molecule has 0 fully saturated rings. The molecule has 122 valence electrons. The van der Waals surface area contributed by atoms with Gasteiger partial charge in [0.1, 0.15) is 17.4 Å². The molecular formula is C15H12ClF2NO3S. The summed E-state index contributed by atoms with van der Waals surface area (Å²) in [5.74, 6) is -3.95. The molecule has 1 N–H and O–H groups in total. The Morgan fingerprint density at radius 3 is 2.48 bits per heavy atom. The lowest BCUT2D eigenvalue weighted by atomic mass is 10.2. The number of nitrogens with one attached hydrogen (secondary N) is 1. The minimum atomic E-state index is -3.79. The Kier molecular flexibility index (Phi) is 5.33. The molecule has 0 aromatic heterocycles. The predicted molar refractivity (Wildman–Crippen MR) is 83.9 cm³/mol. The summed E-state index contributed by atoms with van der Waals surface area (Å²) in [5.41, 5.74) is 0.0827. The highest BCUT2D eigenvalue weighted by molar-refractivity contribution is 7.91. The topological polar surface area (TPSA) is 63.2 Å². The van der Waals surface area contributed by atoms with Crippen LogP contribution in [0.1, 0.15) is 5.56 Å². The van der Waals surface area contributed by atoms with E-state index in [-0.39, 0.29) is 10.7 Å². The summed E-state index contributed by atoms with van der Waals surface area (Å²) in [4.78, 5) is 11.8. The second-order valence-corrected chi connectivity index (χ2v) is 7.27. The van der Waals surface area contributed by atoms with E-state index in [2.05, 4.69) is 5.32 Å². The molecule has 23 heavy (non-hydrogen) atoms. The normalized spacial score (nSPS) is 11.3. The first-order valence-corrected chi connectivity index (χ1v) is 8.65. The van der Waals surface area contributed by atoms with Crippen LogP contribution in [0.3, 0.4) is 0 Å². The molecule has 0 saturated heterocycles. The molecule has 2 aromatic rings. The van der Waals surface area contributed by atoms with E-state index in [9.17, 15) is 22.0 Å². The molecule has 0 saturated carbocycles. The number of sulfone groups is 1. The van der Waals surface area contributed by atoms with Gasteiger partial charge in [0.05, 0.1) is 11.4 Å². The Morgan fingerprint density at radius 2 is 1.83 bits per heavy atom. The summed E-state index contributed by atoms with van der Waals surface area (Å²) < 4.78 is 50.2. The molecule has 0 aliphatic heterocycles. The molecule has 0 aliphatic carbocycles. The summed E-state index contributed by atoms with van der Waals surface area (Å²) >= 11 is 5.88. The summed E-state index contributed by atoms with van der Waals surface area (Å²) in [6, 6.07) is 8.93. The van der Waals surface area contributed by atoms with Crippen LogP contribution in [-0.4, -0.2) is 20.1 Å². The highest BCUT2D eigenvalue weighted by atomic mass is 35.5. The summed E-state index contributed by atoms with van der Waals surface area (Å²) in [5, 5.41) is 2.38. The largest absolute Gasteiger partial charge is 0.323 e. The van der Waals surface area contributed by atoms with Gasteiger partial charge in [-0.2, -0.15) is 0 Å². The van der Waals surface area contributed by atoms with Crippen molar-refractivity contribution in [2.75, 3.05) is 11.1 Å². The third-order valence-electron chi connectivity index (χ3n) is 2.89. The molecule has 0 radical (unpaired) electrons. The summed E-state index contributed by atoms with van der Waals surface area (Å²) in [6.45, 7) is 0. The minimum absolute atomic E-state index is 0.279. The number of hydrogen-bond acceptors (Lipinski definition) is 3. The maximum Gasteiger partial charge on any atom is 0.239 e. The molecule has 0 bridgehead atoms. The number of rotatable bonds is 5. The lowest BCUT2D eigenvalue weighted by Gasteiger charge is -2.08. The zero-order valence-electron chi connectivity index (χ0n) is 11.7. The van der Waals surface area contributed by atoms with Gasteiger partial charge in [0.2, 0.25) is 5.91 Å². The quantitative estimate of drug-likeness (QED) is 0.891. The summed E-state index contributed by atoms with van der Waals surface area (Å²) in [6.07, 6.45) is 0. The molecular weight excluding hydrogens is 348 g/mol. The van der Waals surface area contributed by atoms with Crippen LogP contribution in [0, 0.1) is 11.6 Å². The fourth-order valence-electron chi connectivity index (χ4n) is 1.88. The number of carbonyl (C=O) groups is 1. The first-order valence-electron chi connectivity index (χ1n) is 6.45. The predicted octanol–water partition coefficient (Wildman–Crippen LogP) is 3.17. The van der Waals surface area contributed by atoms with E-state index in [0.29, 0.717) is 11.6 Å². The molecule has 0 atom stereocenters.